The first-order valence-corrected chi connectivity index (χ1v) is 5.88. The van der Waals surface area contributed by atoms with Crippen LogP contribution in [-0.2, 0) is 0 Å². The Balaban J connectivity index is 2.63. The maximum Gasteiger partial charge on any atom is 0.134 e. The summed E-state index contributed by atoms with van der Waals surface area (Å²) in [5, 5.41) is 9.17. The van der Waals surface area contributed by atoms with E-state index < -0.39 is 0 Å². The fourth-order valence-corrected chi connectivity index (χ4v) is 2.16. The monoisotopic (exact) mass is 287 g/mol. The normalized spacial score (nSPS) is 9.71. The van der Waals surface area contributed by atoms with Crippen molar-refractivity contribution >= 4 is 15.9 Å². The number of benzene rings is 2. The van der Waals surface area contributed by atoms with Crippen molar-refractivity contribution in [3.63, 3.8) is 0 Å². The second kappa shape index (κ2) is 5.03. The fourth-order valence-electron chi connectivity index (χ4n) is 1.66. The van der Waals surface area contributed by atoms with Crippen LogP contribution in [0.4, 0.5) is 0 Å². The number of hydrogen-bond donors (Lipinski definition) is 0. The van der Waals surface area contributed by atoms with Gasteiger partial charge in [-0.25, -0.2) is 0 Å². The van der Waals surface area contributed by atoms with Crippen LogP contribution >= 0.6 is 15.9 Å². The third-order valence-corrected chi connectivity index (χ3v) is 3.12. The van der Waals surface area contributed by atoms with E-state index in [1.54, 1.807) is 13.2 Å². The van der Waals surface area contributed by atoms with Crippen LogP contribution in [0.2, 0.25) is 0 Å². The van der Waals surface area contributed by atoms with Crippen LogP contribution in [0, 0.1) is 11.3 Å². The van der Waals surface area contributed by atoms with Crippen LogP contribution in [0.1, 0.15) is 5.56 Å². The van der Waals surface area contributed by atoms with E-state index >= 15 is 0 Å². The molecule has 2 nitrogen and oxygen atoms in total. The highest BCUT2D eigenvalue weighted by molar-refractivity contribution is 9.10. The summed E-state index contributed by atoms with van der Waals surface area (Å²) in [5.74, 6) is 0.668. The molecule has 17 heavy (non-hydrogen) atoms. The Kier molecular flexibility index (Phi) is 3.46. The highest BCUT2D eigenvalue weighted by atomic mass is 79.9. The molecule has 84 valence electrons. The van der Waals surface area contributed by atoms with Crippen LogP contribution in [0.25, 0.3) is 11.1 Å². The van der Waals surface area contributed by atoms with Gasteiger partial charge < -0.3 is 4.74 Å². The molecule has 0 aromatic heterocycles. The SMILES string of the molecule is COc1cc(C#N)c(-c2ccccc2)cc1Br. The molecule has 2 aromatic rings. The lowest BCUT2D eigenvalue weighted by Gasteiger charge is -2.09. The zero-order chi connectivity index (χ0) is 12.3. The van der Waals surface area contributed by atoms with Crippen molar-refractivity contribution < 1.29 is 4.74 Å². The van der Waals surface area contributed by atoms with Gasteiger partial charge in [-0.05, 0) is 33.6 Å². The average molecular weight is 288 g/mol. The number of hydrogen-bond acceptors (Lipinski definition) is 2. The lowest BCUT2D eigenvalue weighted by molar-refractivity contribution is 0.412. The van der Waals surface area contributed by atoms with E-state index in [0.29, 0.717) is 11.3 Å². The Labute approximate surface area is 109 Å². The van der Waals surface area contributed by atoms with Gasteiger partial charge in [-0.2, -0.15) is 5.26 Å². The number of nitriles is 1. The minimum absolute atomic E-state index is 0.608. The van der Waals surface area contributed by atoms with Crippen molar-refractivity contribution in [2.24, 2.45) is 0 Å². The smallest absolute Gasteiger partial charge is 0.134 e. The first-order valence-electron chi connectivity index (χ1n) is 5.09. The number of halogens is 1. The zero-order valence-corrected chi connectivity index (χ0v) is 10.9. The van der Waals surface area contributed by atoms with Gasteiger partial charge in [-0.1, -0.05) is 30.3 Å². The lowest BCUT2D eigenvalue weighted by Crippen LogP contribution is -1.90. The van der Waals surface area contributed by atoms with Gasteiger partial charge in [0.1, 0.15) is 5.75 Å². The number of methoxy groups -OCH3 is 1. The van der Waals surface area contributed by atoms with Crippen LogP contribution < -0.4 is 4.74 Å². The Morgan fingerprint density at radius 3 is 2.47 bits per heavy atom. The first-order chi connectivity index (χ1) is 8.26. The molecule has 2 rings (SSSR count). The van der Waals surface area contributed by atoms with E-state index in [4.69, 9.17) is 10.00 Å². The molecule has 0 heterocycles. The quantitative estimate of drug-likeness (QED) is 0.837. The van der Waals surface area contributed by atoms with Crippen LogP contribution in [0.15, 0.2) is 46.9 Å². The van der Waals surface area contributed by atoms with Crippen molar-refractivity contribution in [1.82, 2.24) is 0 Å². The van der Waals surface area contributed by atoms with Gasteiger partial charge in [0.2, 0.25) is 0 Å². The van der Waals surface area contributed by atoms with Crippen molar-refractivity contribution in [2.45, 2.75) is 0 Å². The van der Waals surface area contributed by atoms with E-state index in [2.05, 4.69) is 22.0 Å². The summed E-state index contributed by atoms with van der Waals surface area (Å²) in [6, 6.07) is 15.7. The van der Waals surface area contributed by atoms with Crippen LogP contribution in [0.5, 0.6) is 5.75 Å². The van der Waals surface area contributed by atoms with Crippen LogP contribution in [0.3, 0.4) is 0 Å². The third-order valence-electron chi connectivity index (χ3n) is 2.50. The Morgan fingerprint density at radius 2 is 1.88 bits per heavy atom. The van der Waals surface area contributed by atoms with Gasteiger partial charge in [0, 0.05) is 5.56 Å². The molecule has 0 aliphatic heterocycles. The second-order valence-corrected chi connectivity index (χ2v) is 4.36. The van der Waals surface area contributed by atoms with Gasteiger partial charge in [0.25, 0.3) is 0 Å². The van der Waals surface area contributed by atoms with Crippen LogP contribution in [-0.4, -0.2) is 7.11 Å². The predicted molar refractivity (Wildman–Crippen MR) is 70.8 cm³/mol. The van der Waals surface area contributed by atoms with E-state index in [1.165, 1.54) is 0 Å². The largest absolute Gasteiger partial charge is 0.496 e. The fraction of sp³-hybridized carbons (Fsp3) is 0.0714. The molecular weight excluding hydrogens is 278 g/mol. The summed E-state index contributed by atoms with van der Waals surface area (Å²) in [7, 11) is 1.59. The lowest BCUT2D eigenvalue weighted by atomic mass is 10.0. The predicted octanol–water partition coefficient (Wildman–Crippen LogP) is 4.00. The third kappa shape index (κ3) is 2.32. The number of rotatable bonds is 2. The topological polar surface area (TPSA) is 33.0 Å². The van der Waals surface area contributed by atoms with E-state index in [9.17, 15) is 0 Å². The first kappa shape index (κ1) is 11.7. The molecule has 0 amide bonds. The summed E-state index contributed by atoms with van der Waals surface area (Å²) in [4.78, 5) is 0. The molecule has 0 atom stereocenters. The molecule has 0 bridgehead atoms. The van der Waals surface area contributed by atoms with Gasteiger partial charge in [-0.3, -0.25) is 0 Å². The standard InChI is InChI=1S/C14H10BrNO/c1-17-14-7-11(9-16)12(8-13(14)15)10-5-3-2-4-6-10/h2-8H,1H3. The minimum Gasteiger partial charge on any atom is -0.496 e. The van der Waals surface area contributed by atoms with Gasteiger partial charge in [-0.15, -0.1) is 0 Å². The van der Waals surface area contributed by atoms with Gasteiger partial charge in [0.15, 0.2) is 0 Å². The molecule has 0 saturated heterocycles. The van der Waals surface area contributed by atoms with E-state index in [1.807, 2.05) is 36.4 Å². The maximum atomic E-state index is 9.17. The Bertz CT molecular complexity index is 573. The highest BCUT2D eigenvalue weighted by Gasteiger charge is 2.09. The number of nitrogens with zero attached hydrogens (tertiary/aromatic N) is 1. The van der Waals surface area contributed by atoms with Gasteiger partial charge >= 0.3 is 0 Å². The molecule has 0 aliphatic carbocycles. The zero-order valence-electron chi connectivity index (χ0n) is 9.27. The molecule has 0 saturated carbocycles. The average Bonchev–Trinajstić information content (AvgIpc) is 2.39. The minimum atomic E-state index is 0.608. The Morgan fingerprint density at radius 1 is 1.18 bits per heavy atom. The maximum absolute atomic E-state index is 9.17. The molecule has 0 fully saturated rings. The molecule has 0 aliphatic rings. The molecular formula is C14H10BrNO. The molecule has 0 radical (unpaired) electrons. The summed E-state index contributed by atoms with van der Waals surface area (Å²) >= 11 is 3.43. The van der Waals surface area contributed by atoms with E-state index in [0.717, 1.165) is 15.6 Å². The van der Waals surface area contributed by atoms with Crippen molar-refractivity contribution in [2.75, 3.05) is 7.11 Å². The molecule has 0 unspecified atom stereocenters. The van der Waals surface area contributed by atoms with Gasteiger partial charge in [0.05, 0.1) is 23.2 Å². The molecule has 0 spiro atoms. The molecule has 2 aromatic carbocycles. The number of ether oxygens (including phenoxy) is 1. The van der Waals surface area contributed by atoms with Crippen molar-refractivity contribution in [1.29, 1.82) is 5.26 Å². The summed E-state index contributed by atoms with van der Waals surface area (Å²) < 4.78 is 6.03. The second-order valence-electron chi connectivity index (χ2n) is 3.51. The van der Waals surface area contributed by atoms with E-state index in [-0.39, 0.29) is 0 Å². The Hall–Kier alpha value is -1.79. The summed E-state index contributed by atoms with van der Waals surface area (Å²) in [6.45, 7) is 0. The molecule has 0 N–H and O–H groups in total. The summed E-state index contributed by atoms with van der Waals surface area (Å²) in [6.07, 6.45) is 0. The highest BCUT2D eigenvalue weighted by Crippen LogP contribution is 2.33. The van der Waals surface area contributed by atoms with Crippen molar-refractivity contribution in [3.8, 4) is 22.9 Å². The summed E-state index contributed by atoms with van der Waals surface area (Å²) in [5.41, 5.74) is 2.53. The van der Waals surface area contributed by atoms with Crippen molar-refractivity contribution in [3.05, 3.63) is 52.5 Å². The molecule has 3 heteroatoms.